The van der Waals surface area contributed by atoms with Gasteiger partial charge in [0.15, 0.2) is 0 Å². The van der Waals surface area contributed by atoms with E-state index in [-0.39, 0.29) is 17.9 Å². The van der Waals surface area contributed by atoms with Crippen LogP contribution in [0.1, 0.15) is 38.1 Å². The van der Waals surface area contributed by atoms with Gasteiger partial charge in [0.25, 0.3) is 5.91 Å². The van der Waals surface area contributed by atoms with Crippen molar-refractivity contribution in [3.8, 4) is 5.75 Å². The van der Waals surface area contributed by atoms with Crippen molar-refractivity contribution < 1.29 is 32.6 Å². The lowest BCUT2D eigenvalue weighted by molar-refractivity contribution is -0.0501. The summed E-state index contributed by atoms with van der Waals surface area (Å²) in [5.74, 6) is -1.44. The molecule has 2 aromatic rings. The number of anilines is 1. The van der Waals surface area contributed by atoms with Crippen molar-refractivity contribution in [3.63, 3.8) is 0 Å². The number of para-hydroxylation sites is 1. The number of halogens is 2. The van der Waals surface area contributed by atoms with E-state index in [2.05, 4.69) is 10.1 Å². The van der Waals surface area contributed by atoms with Crippen LogP contribution in [0.2, 0.25) is 0 Å². The summed E-state index contributed by atoms with van der Waals surface area (Å²) in [6.45, 7) is -0.365. The Morgan fingerprint density at radius 2 is 2.11 bits per heavy atom. The van der Waals surface area contributed by atoms with Gasteiger partial charge in [-0.05, 0) is 31.0 Å². The summed E-state index contributed by atoms with van der Waals surface area (Å²) in [7, 11) is 0. The number of hydrogen-bond donors (Lipinski definition) is 1. The highest BCUT2D eigenvalue weighted by Gasteiger charge is 2.28. The van der Waals surface area contributed by atoms with Crippen molar-refractivity contribution in [2.75, 3.05) is 18.5 Å². The summed E-state index contributed by atoms with van der Waals surface area (Å²) in [5, 5.41) is 2.94. The second-order valence-corrected chi connectivity index (χ2v) is 6.66. The van der Waals surface area contributed by atoms with Crippen LogP contribution in [-0.2, 0) is 22.5 Å². The van der Waals surface area contributed by atoms with Gasteiger partial charge in [0.1, 0.15) is 10.8 Å². The third kappa shape index (κ3) is 4.25. The first-order valence-electron chi connectivity index (χ1n) is 8.25. The number of fused-ring (bicyclic) bond motifs is 1. The Balaban J connectivity index is 1.93. The zero-order valence-corrected chi connectivity index (χ0v) is 15.2. The van der Waals surface area contributed by atoms with Gasteiger partial charge >= 0.3 is 12.6 Å². The van der Waals surface area contributed by atoms with Crippen LogP contribution in [0.15, 0.2) is 24.3 Å². The topological polar surface area (TPSA) is 73.9 Å². The highest BCUT2D eigenvalue weighted by atomic mass is 32.1. The number of benzene rings is 1. The Bertz CT molecular complexity index is 852. The molecule has 144 valence electrons. The van der Waals surface area contributed by atoms with E-state index in [1.54, 1.807) is 6.92 Å². The molecule has 9 heteroatoms. The maximum Gasteiger partial charge on any atom is 0.387 e. The van der Waals surface area contributed by atoms with E-state index in [4.69, 9.17) is 9.47 Å². The van der Waals surface area contributed by atoms with Crippen LogP contribution in [0, 0.1) is 0 Å². The summed E-state index contributed by atoms with van der Waals surface area (Å²) in [6.07, 6.45) is 0.529. The van der Waals surface area contributed by atoms with Crippen molar-refractivity contribution in [1.82, 2.24) is 0 Å². The van der Waals surface area contributed by atoms with Gasteiger partial charge in [-0.2, -0.15) is 8.78 Å². The second-order valence-electron chi connectivity index (χ2n) is 5.56. The van der Waals surface area contributed by atoms with E-state index >= 15 is 0 Å². The van der Waals surface area contributed by atoms with Crippen molar-refractivity contribution in [2.45, 2.75) is 26.6 Å². The van der Waals surface area contributed by atoms with E-state index in [9.17, 15) is 18.4 Å². The molecule has 27 heavy (non-hydrogen) atoms. The highest BCUT2D eigenvalue weighted by molar-refractivity contribution is 7.17. The van der Waals surface area contributed by atoms with Gasteiger partial charge in [-0.25, -0.2) is 4.79 Å². The average molecular weight is 397 g/mol. The first-order chi connectivity index (χ1) is 13.0. The van der Waals surface area contributed by atoms with Crippen molar-refractivity contribution in [3.05, 3.63) is 45.8 Å². The van der Waals surface area contributed by atoms with E-state index in [1.807, 2.05) is 0 Å². The molecule has 0 unspecified atom stereocenters. The van der Waals surface area contributed by atoms with E-state index in [0.29, 0.717) is 30.2 Å². The SMILES string of the molecule is CCOC(=O)c1c(NC(=O)c2ccccc2OC(F)F)sc2c1CCOC2. The summed E-state index contributed by atoms with van der Waals surface area (Å²) in [5.41, 5.74) is 1.02. The Hall–Kier alpha value is -2.52. The second kappa shape index (κ2) is 8.45. The third-order valence-corrected chi connectivity index (χ3v) is 5.00. The van der Waals surface area contributed by atoms with Crippen LogP contribution >= 0.6 is 11.3 Å². The molecule has 6 nitrogen and oxygen atoms in total. The standard InChI is InChI=1S/C18H17F2NO5S/c1-2-25-17(23)14-11-7-8-24-9-13(11)27-16(14)21-15(22)10-5-3-4-6-12(10)26-18(19)20/h3-6,18H,2,7-9H2,1H3,(H,21,22). The van der Waals surface area contributed by atoms with Crippen LogP contribution in [0.25, 0.3) is 0 Å². The molecule has 0 saturated heterocycles. The molecule has 0 aliphatic carbocycles. The molecule has 0 saturated carbocycles. The van der Waals surface area contributed by atoms with Crippen molar-refractivity contribution in [1.29, 1.82) is 0 Å². The fourth-order valence-electron chi connectivity index (χ4n) is 2.76. The van der Waals surface area contributed by atoms with Gasteiger partial charge in [-0.3, -0.25) is 4.79 Å². The molecular formula is C18H17F2NO5S. The number of thiophene rings is 1. The number of carbonyl (C=O) groups is 2. The van der Waals surface area contributed by atoms with E-state index in [1.165, 1.54) is 35.6 Å². The van der Waals surface area contributed by atoms with Crippen molar-refractivity contribution >= 4 is 28.2 Å². The largest absolute Gasteiger partial charge is 0.462 e. The van der Waals surface area contributed by atoms with Crippen LogP contribution in [0.5, 0.6) is 5.75 Å². The number of rotatable bonds is 6. The number of alkyl halides is 2. The monoisotopic (exact) mass is 397 g/mol. The molecular weight excluding hydrogens is 380 g/mol. The molecule has 0 bridgehead atoms. The minimum Gasteiger partial charge on any atom is -0.462 e. The fourth-order valence-corrected chi connectivity index (χ4v) is 3.93. The molecule has 1 aromatic heterocycles. The Morgan fingerprint density at radius 1 is 1.33 bits per heavy atom. The van der Waals surface area contributed by atoms with Gasteiger partial charge in [0.05, 0.1) is 30.9 Å². The normalized spacial score (nSPS) is 13.2. The number of ether oxygens (including phenoxy) is 3. The number of nitrogens with one attached hydrogen (secondary N) is 1. The minimum atomic E-state index is -3.06. The van der Waals surface area contributed by atoms with Crippen molar-refractivity contribution in [2.24, 2.45) is 0 Å². The number of esters is 1. The van der Waals surface area contributed by atoms with Gasteiger partial charge in [-0.1, -0.05) is 12.1 Å². The Morgan fingerprint density at radius 3 is 2.85 bits per heavy atom. The summed E-state index contributed by atoms with van der Waals surface area (Å²) >= 11 is 1.21. The van der Waals surface area contributed by atoms with Crippen LogP contribution < -0.4 is 10.1 Å². The summed E-state index contributed by atoms with van der Waals surface area (Å²) < 4.78 is 40.1. The average Bonchev–Trinajstić information content (AvgIpc) is 2.99. The smallest absolute Gasteiger partial charge is 0.387 e. The summed E-state index contributed by atoms with van der Waals surface area (Å²) in [6, 6.07) is 5.67. The predicted molar refractivity (Wildman–Crippen MR) is 94.7 cm³/mol. The van der Waals surface area contributed by atoms with Crippen LogP contribution in [0.3, 0.4) is 0 Å². The molecule has 1 amide bonds. The maximum absolute atomic E-state index is 12.6. The first-order valence-corrected chi connectivity index (χ1v) is 9.07. The lowest BCUT2D eigenvalue weighted by atomic mass is 10.1. The number of hydrogen-bond acceptors (Lipinski definition) is 6. The maximum atomic E-state index is 12.6. The molecule has 2 heterocycles. The zero-order valence-electron chi connectivity index (χ0n) is 14.4. The number of carbonyl (C=O) groups excluding carboxylic acids is 2. The quantitative estimate of drug-likeness (QED) is 0.750. The number of amides is 1. The molecule has 1 aliphatic rings. The molecule has 3 rings (SSSR count). The summed E-state index contributed by atoms with van der Waals surface area (Å²) in [4.78, 5) is 25.9. The van der Waals surface area contributed by atoms with Gasteiger partial charge in [0, 0.05) is 4.88 Å². The van der Waals surface area contributed by atoms with Gasteiger partial charge < -0.3 is 19.5 Å². The van der Waals surface area contributed by atoms with E-state index < -0.39 is 18.5 Å². The molecule has 0 fully saturated rings. The first kappa shape index (κ1) is 19.2. The van der Waals surface area contributed by atoms with E-state index in [0.717, 1.165) is 10.4 Å². The molecule has 1 N–H and O–H groups in total. The minimum absolute atomic E-state index is 0.0600. The Labute approximate surface area is 158 Å². The molecule has 0 radical (unpaired) electrons. The Kier molecular flexibility index (Phi) is 6.02. The predicted octanol–water partition coefficient (Wildman–Crippen LogP) is 3.85. The zero-order chi connectivity index (χ0) is 19.4. The fraction of sp³-hybridized carbons (Fsp3) is 0.333. The highest BCUT2D eigenvalue weighted by Crippen LogP contribution is 2.37. The van der Waals surface area contributed by atoms with Gasteiger partial charge in [0.2, 0.25) is 0 Å². The lowest BCUT2D eigenvalue weighted by Crippen LogP contribution is -2.17. The third-order valence-electron chi connectivity index (χ3n) is 3.87. The van der Waals surface area contributed by atoms with Crippen LogP contribution in [0.4, 0.5) is 13.8 Å². The molecule has 1 aromatic carbocycles. The molecule has 0 spiro atoms. The van der Waals surface area contributed by atoms with Gasteiger partial charge in [-0.15, -0.1) is 11.3 Å². The molecule has 1 aliphatic heterocycles. The molecule has 0 atom stereocenters. The van der Waals surface area contributed by atoms with Crippen LogP contribution in [-0.4, -0.2) is 31.7 Å². The lowest BCUT2D eigenvalue weighted by Gasteiger charge is -2.13.